The molecule has 6 nitrogen and oxygen atoms in total. The molecule has 0 radical (unpaired) electrons. The summed E-state index contributed by atoms with van der Waals surface area (Å²) in [5, 5.41) is 3.89. The third-order valence-electron chi connectivity index (χ3n) is 4.54. The summed E-state index contributed by atoms with van der Waals surface area (Å²) >= 11 is 1.18. The van der Waals surface area contributed by atoms with Gasteiger partial charge in [0.2, 0.25) is 0 Å². The van der Waals surface area contributed by atoms with Gasteiger partial charge in [0, 0.05) is 30.4 Å². The Morgan fingerprint density at radius 1 is 1.09 bits per heavy atom. The van der Waals surface area contributed by atoms with E-state index in [0.29, 0.717) is 17.1 Å². The fourth-order valence-electron chi connectivity index (χ4n) is 2.96. The van der Waals surface area contributed by atoms with E-state index in [0.717, 1.165) is 28.8 Å². The van der Waals surface area contributed by atoms with Crippen molar-refractivity contribution in [3.63, 3.8) is 0 Å². The summed E-state index contributed by atoms with van der Waals surface area (Å²) in [6.45, 7) is -0.537. The van der Waals surface area contributed by atoms with Gasteiger partial charge < -0.3 is 10.1 Å². The molecule has 0 atom stereocenters. The number of alkyl halides is 3. The maximum absolute atomic E-state index is 13.6. The summed E-state index contributed by atoms with van der Waals surface area (Å²) < 4.78 is 73.5. The Balaban J connectivity index is 1.56. The summed E-state index contributed by atoms with van der Waals surface area (Å²) in [6.07, 6.45) is -2.31. The number of halogens is 5. The number of ether oxygens (including phenoxy) is 1. The Kier molecular flexibility index (Phi) is 5.85. The number of hydrogen-bond donors (Lipinski definition) is 1. The first-order chi connectivity index (χ1) is 15.6. The third-order valence-corrected chi connectivity index (χ3v) is 5.31. The fraction of sp³-hybridized carbons (Fsp3) is 0.0952. The Hall–Kier alpha value is -3.80. The van der Waals surface area contributed by atoms with Gasteiger partial charge in [-0.2, -0.15) is 13.2 Å². The summed E-state index contributed by atoms with van der Waals surface area (Å²) in [5.41, 5.74) is -2.37. The molecule has 2 heterocycles. The summed E-state index contributed by atoms with van der Waals surface area (Å²) in [6, 6.07) is 5.49. The first kappa shape index (κ1) is 22.4. The largest absolute Gasteiger partial charge is 0.457 e. The molecule has 0 saturated heterocycles. The molecule has 0 aliphatic rings. The number of carbonyl (C=O) groups is 1. The van der Waals surface area contributed by atoms with Gasteiger partial charge in [-0.25, -0.2) is 13.8 Å². The van der Waals surface area contributed by atoms with Crippen molar-refractivity contribution >= 4 is 22.2 Å². The van der Waals surface area contributed by atoms with Gasteiger partial charge in [0.1, 0.15) is 17.1 Å². The second kappa shape index (κ2) is 8.62. The van der Waals surface area contributed by atoms with Gasteiger partial charge in [0.25, 0.3) is 11.5 Å². The molecular weight excluding hydrogens is 469 g/mol. The Labute approximate surface area is 185 Å². The van der Waals surface area contributed by atoms with Crippen LogP contribution in [0.4, 0.5) is 22.0 Å². The highest BCUT2D eigenvalue weighted by Gasteiger charge is 2.34. The molecule has 33 heavy (non-hydrogen) atoms. The van der Waals surface area contributed by atoms with Crippen molar-refractivity contribution in [1.82, 2.24) is 14.7 Å². The number of carbonyl (C=O) groups excluding carboxylic acids is 1. The number of fused-ring (bicyclic) bond motifs is 1. The second-order valence-corrected chi connectivity index (χ2v) is 7.58. The van der Waals surface area contributed by atoms with Crippen LogP contribution in [0.1, 0.15) is 21.5 Å². The summed E-state index contributed by atoms with van der Waals surface area (Å²) in [7, 11) is 0. The molecular formula is C21H12F5N3O3S. The number of benzene rings is 2. The molecule has 1 N–H and O–H groups in total. The molecule has 4 rings (SSSR count). The van der Waals surface area contributed by atoms with Gasteiger partial charge in [-0.1, -0.05) is 6.07 Å². The summed E-state index contributed by atoms with van der Waals surface area (Å²) in [4.78, 5) is 29.1. The minimum absolute atomic E-state index is 0.195. The minimum Gasteiger partial charge on any atom is -0.457 e. The molecule has 2 aromatic carbocycles. The van der Waals surface area contributed by atoms with E-state index in [-0.39, 0.29) is 22.6 Å². The smallest absolute Gasteiger partial charge is 0.416 e. The Morgan fingerprint density at radius 3 is 2.55 bits per heavy atom. The van der Waals surface area contributed by atoms with Gasteiger partial charge in [0.05, 0.1) is 5.56 Å². The minimum atomic E-state index is -4.80. The Morgan fingerprint density at radius 2 is 1.82 bits per heavy atom. The van der Waals surface area contributed by atoms with Crippen molar-refractivity contribution in [3.05, 3.63) is 92.9 Å². The maximum Gasteiger partial charge on any atom is 0.416 e. The molecule has 0 aliphatic heterocycles. The first-order valence-electron chi connectivity index (χ1n) is 9.19. The standard InChI is InChI=1S/C21H12F5N3O3S/c22-16-4-3-13(8-17(16)23)32-12-2-1-11(15(7-12)21(24,25)26)9-27-18(30)14-10-28-20-29(19(14)31)5-6-33-20/h1-8,10H,9H2,(H,27,30). The van der Waals surface area contributed by atoms with Crippen LogP contribution in [0.25, 0.3) is 4.96 Å². The van der Waals surface area contributed by atoms with E-state index in [1.807, 2.05) is 0 Å². The number of amides is 1. The van der Waals surface area contributed by atoms with E-state index in [9.17, 15) is 31.5 Å². The molecule has 0 aliphatic carbocycles. The van der Waals surface area contributed by atoms with Crippen LogP contribution in [0.15, 0.2) is 59.0 Å². The van der Waals surface area contributed by atoms with E-state index < -0.39 is 41.4 Å². The number of hydrogen-bond acceptors (Lipinski definition) is 5. The van der Waals surface area contributed by atoms with Crippen molar-refractivity contribution in [2.24, 2.45) is 0 Å². The van der Waals surface area contributed by atoms with Crippen LogP contribution >= 0.6 is 11.3 Å². The fourth-order valence-corrected chi connectivity index (χ4v) is 3.64. The van der Waals surface area contributed by atoms with Crippen LogP contribution in [0, 0.1) is 11.6 Å². The second-order valence-electron chi connectivity index (χ2n) is 6.71. The lowest BCUT2D eigenvalue weighted by atomic mass is 10.1. The van der Waals surface area contributed by atoms with Crippen LogP contribution in [0.5, 0.6) is 11.5 Å². The number of rotatable bonds is 5. The predicted octanol–water partition coefficient (Wildman–Crippen LogP) is 4.78. The lowest BCUT2D eigenvalue weighted by molar-refractivity contribution is -0.138. The van der Waals surface area contributed by atoms with Crippen LogP contribution < -0.4 is 15.6 Å². The molecule has 0 fully saturated rings. The number of thiazole rings is 1. The Bertz CT molecular complexity index is 1410. The van der Waals surface area contributed by atoms with E-state index in [1.54, 1.807) is 5.38 Å². The zero-order chi connectivity index (χ0) is 23.8. The monoisotopic (exact) mass is 481 g/mol. The molecule has 0 saturated carbocycles. The number of nitrogens with one attached hydrogen (secondary N) is 1. The van der Waals surface area contributed by atoms with Crippen molar-refractivity contribution in [1.29, 1.82) is 0 Å². The van der Waals surface area contributed by atoms with Crippen LogP contribution in [-0.4, -0.2) is 15.3 Å². The molecule has 12 heteroatoms. The molecule has 0 unspecified atom stereocenters. The zero-order valence-electron chi connectivity index (χ0n) is 16.3. The highest BCUT2D eigenvalue weighted by molar-refractivity contribution is 7.15. The van der Waals surface area contributed by atoms with E-state index >= 15 is 0 Å². The van der Waals surface area contributed by atoms with Crippen molar-refractivity contribution < 1.29 is 31.5 Å². The quantitative estimate of drug-likeness (QED) is 0.417. The van der Waals surface area contributed by atoms with E-state index in [1.165, 1.54) is 23.6 Å². The number of aromatic nitrogens is 2. The maximum atomic E-state index is 13.6. The lowest BCUT2D eigenvalue weighted by Crippen LogP contribution is -2.31. The van der Waals surface area contributed by atoms with Gasteiger partial charge in [-0.15, -0.1) is 11.3 Å². The van der Waals surface area contributed by atoms with E-state index in [4.69, 9.17) is 4.74 Å². The predicted molar refractivity (Wildman–Crippen MR) is 108 cm³/mol. The number of nitrogens with zero attached hydrogens (tertiary/aromatic N) is 2. The average Bonchev–Trinajstić information content (AvgIpc) is 3.24. The van der Waals surface area contributed by atoms with E-state index in [2.05, 4.69) is 10.3 Å². The van der Waals surface area contributed by atoms with Gasteiger partial charge in [0.15, 0.2) is 16.6 Å². The van der Waals surface area contributed by atoms with Gasteiger partial charge in [-0.05, 0) is 29.8 Å². The third kappa shape index (κ3) is 4.70. The molecule has 0 spiro atoms. The first-order valence-corrected chi connectivity index (χ1v) is 10.1. The van der Waals surface area contributed by atoms with Gasteiger partial charge >= 0.3 is 6.18 Å². The van der Waals surface area contributed by atoms with Crippen LogP contribution in [0.2, 0.25) is 0 Å². The normalized spacial score (nSPS) is 11.5. The van der Waals surface area contributed by atoms with Crippen molar-refractivity contribution in [2.45, 2.75) is 12.7 Å². The van der Waals surface area contributed by atoms with Crippen LogP contribution in [0.3, 0.4) is 0 Å². The SMILES string of the molecule is O=C(NCc1ccc(Oc2ccc(F)c(F)c2)cc1C(F)(F)F)c1cnc2sccn2c1=O. The van der Waals surface area contributed by atoms with Crippen LogP contribution in [-0.2, 0) is 12.7 Å². The van der Waals surface area contributed by atoms with Crippen molar-refractivity contribution in [3.8, 4) is 11.5 Å². The summed E-state index contributed by atoms with van der Waals surface area (Å²) in [5.74, 6) is -3.69. The molecule has 0 bridgehead atoms. The van der Waals surface area contributed by atoms with Gasteiger partial charge in [-0.3, -0.25) is 14.0 Å². The average molecular weight is 481 g/mol. The molecule has 1 amide bonds. The highest BCUT2D eigenvalue weighted by Crippen LogP contribution is 2.35. The molecule has 170 valence electrons. The zero-order valence-corrected chi connectivity index (χ0v) is 17.1. The molecule has 4 aromatic rings. The lowest BCUT2D eigenvalue weighted by Gasteiger charge is -2.15. The highest BCUT2D eigenvalue weighted by atomic mass is 32.1. The van der Waals surface area contributed by atoms with Crippen molar-refractivity contribution in [2.75, 3.05) is 0 Å². The topological polar surface area (TPSA) is 72.7 Å². The molecule has 2 aromatic heterocycles.